The fraction of sp³-hybridized carbons (Fsp3) is 0.130. The van der Waals surface area contributed by atoms with E-state index in [4.69, 9.17) is 18.6 Å². The molecule has 27 heavy (non-hydrogen) atoms. The zero-order chi connectivity index (χ0) is 18.5. The van der Waals surface area contributed by atoms with Gasteiger partial charge in [-0.1, -0.05) is 48.5 Å². The molecule has 0 bridgehead atoms. The third-order valence-electron chi connectivity index (χ3n) is 5.14. The molecule has 5 aromatic rings. The van der Waals surface area contributed by atoms with Gasteiger partial charge in [-0.15, -0.1) is 0 Å². The largest absolute Gasteiger partial charge is 0.493 e. The number of benzene rings is 4. The van der Waals surface area contributed by atoms with Crippen LogP contribution in [0.25, 0.3) is 43.5 Å². The van der Waals surface area contributed by atoms with Crippen molar-refractivity contribution in [3.8, 4) is 17.2 Å². The van der Waals surface area contributed by atoms with Crippen molar-refractivity contribution in [1.29, 1.82) is 0 Å². The highest BCUT2D eigenvalue weighted by molar-refractivity contribution is 6.31. The summed E-state index contributed by atoms with van der Waals surface area (Å²) < 4.78 is 23.2. The first-order chi connectivity index (χ1) is 13.3. The molecule has 1 aromatic heterocycles. The average Bonchev–Trinajstić information content (AvgIpc) is 3.12. The maximum Gasteiger partial charge on any atom is 0.204 e. The molecule has 4 nitrogen and oxygen atoms in total. The number of hydrogen-bond acceptors (Lipinski definition) is 4. The summed E-state index contributed by atoms with van der Waals surface area (Å²) in [4.78, 5) is 0. The summed E-state index contributed by atoms with van der Waals surface area (Å²) >= 11 is 0. The summed E-state index contributed by atoms with van der Waals surface area (Å²) in [6, 6.07) is 18.5. The second-order valence-electron chi connectivity index (χ2n) is 6.42. The first-order valence-electron chi connectivity index (χ1n) is 8.73. The molecule has 0 fully saturated rings. The fourth-order valence-electron chi connectivity index (χ4n) is 4.02. The van der Waals surface area contributed by atoms with Crippen LogP contribution in [0, 0.1) is 0 Å². The highest BCUT2D eigenvalue weighted by Crippen LogP contribution is 2.50. The SMILES string of the molecule is COc1cc2oc3c4ccccc4c4ccccc4c3c2c(OC)c1OC. The summed E-state index contributed by atoms with van der Waals surface area (Å²) in [5, 5.41) is 6.46. The Hall–Kier alpha value is -3.40. The van der Waals surface area contributed by atoms with E-state index in [2.05, 4.69) is 36.4 Å². The van der Waals surface area contributed by atoms with E-state index in [0.29, 0.717) is 22.8 Å². The second-order valence-corrected chi connectivity index (χ2v) is 6.42. The summed E-state index contributed by atoms with van der Waals surface area (Å²) in [6.45, 7) is 0. The Morgan fingerprint density at radius 3 is 1.85 bits per heavy atom. The molecule has 0 atom stereocenters. The molecule has 0 radical (unpaired) electrons. The molecule has 5 rings (SSSR count). The van der Waals surface area contributed by atoms with E-state index in [0.717, 1.165) is 32.5 Å². The summed E-state index contributed by atoms with van der Waals surface area (Å²) in [5.74, 6) is 1.76. The van der Waals surface area contributed by atoms with Gasteiger partial charge in [-0.3, -0.25) is 0 Å². The molecule has 0 unspecified atom stereocenters. The average molecular weight is 358 g/mol. The third-order valence-corrected chi connectivity index (χ3v) is 5.14. The normalized spacial score (nSPS) is 11.5. The lowest BCUT2D eigenvalue weighted by atomic mass is 9.96. The lowest BCUT2D eigenvalue weighted by Gasteiger charge is -2.13. The minimum absolute atomic E-state index is 0.562. The number of hydrogen-bond donors (Lipinski definition) is 0. The van der Waals surface area contributed by atoms with Crippen LogP contribution in [0.3, 0.4) is 0 Å². The number of rotatable bonds is 3. The van der Waals surface area contributed by atoms with Crippen LogP contribution in [0.15, 0.2) is 59.0 Å². The molecule has 0 aliphatic carbocycles. The van der Waals surface area contributed by atoms with Gasteiger partial charge in [0, 0.05) is 16.8 Å². The zero-order valence-corrected chi connectivity index (χ0v) is 15.3. The van der Waals surface area contributed by atoms with E-state index in [-0.39, 0.29) is 0 Å². The Morgan fingerprint density at radius 2 is 1.22 bits per heavy atom. The zero-order valence-electron chi connectivity index (χ0n) is 15.3. The summed E-state index contributed by atoms with van der Waals surface area (Å²) in [6.07, 6.45) is 0. The maximum absolute atomic E-state index is 6.34. The number of fused-ring (bicyclic) bond motifs is 8. The molecule has 0 amide bonds. The van der Waals surface area contributed by atoms with E-state index >= 15 is 0 Å². The van der Waals surface area contributed by atoms with Crippen molar-refractivity contribution in [2.45, 2.75) is 0 Å². The van der Waals surface area contributed by atoms with E-state index in [9.17, 15) is 0 Å². The quantitative estimate of drug-likeness (QED) is 0.376. The molecule has 0 aliphatic rings. The Bertz CT molecular complexity index is 1330. The van der Waals surface area contributed by atoms with Crippen molar-refractivity contribution in [3.05, 3.63) is 54.6 Å². The molecular weight excluding hydrogens is 340 g/mol. The van der Waals surface area contributed by atoms with Gasteiger partial charge in [0.25, 0.3) is 0 Å². The molecule has 1 heterocycles. The van der Waals surface area contributed by atoms with Crippen molar-refractivity contribution < 1.29 is 18.6 Å². The minimum atomic E-state index is 0.562. The lowest BCUT2D eigenvalue weighted by Crippen LogP contribution is -1.95. The van der Waals surface area contributed by atoms with E-state index < -0.39 is 0 Å². The predicted octanol–water partition coefficient (Wildman–Crippen LogP) is 5.92. The lowest BCUT2D eigenvalue weighted by molar-refractivity contribution is 0.327. The second kappa shape index (κ2) is 5.81. The van der Waals surface area contributed by atoms with Crippen molar-refractivity contribution in [3.63, 3.8) is 0 Å². The van der Waals surface area contributed by atoms with E-state index in [1.807, 2.05) is 18.2 Å². The fourth-order valence-corrected chi connectivity index (χ4v) is 4.02. The summed E-state index contributed by atoms with van der Waals surface area (Å²) in [7, 11) is 4.86. The number of ether oxygens (including phenoxy) is 3. The molecule has 4 aromatic carbocycles. The first-order valence-corrected chi connectivity index (χ1v) is 8.73. The van der Waals surface area contributed by atoms with Crippen LogP contribution in [0.5, 0.6) is 17.2 Å². The van der Waals surface area contributed by atoms with Gasteiger partial charge >= 0.3 is 0 Å². The Balaban J connectivity index is 2.14. The van der Waals surface area contributed by atoms with Gasteiger partial charge in [0.2, 0.25) is 5.75 Å². The number of furan rings is 1. The van der Waals surface area contributed by atoms with Crippen LogP contribution in [-0.4, -0.2) is 21.3 Å². The molecular formula is C23H18O4. The topological polar surface area (TPSA) is 40.8 Å². The highest BCUT2D eigenvalue weighted by atomic mass is 16.5. The monoisotopic (exact) mass is 358 g/mol. The van der Waals surface area contributed by atoms with Gasteiger partial charge < -0.3 is 18.6 Å². The van der Waals surface area contributed by atoms with Crippen molar-refractivity contribution >= 4 is 43.5 Å². The van der Waals surface area contributed by atoms with Gasteiger partial charge in [-0.2, -0.15) is 0 Å². The van der Waals surface area contributed by atoms with Crippen molar-refractivity contribution in [1.82, 2.24) is 0 Å². The van der Waals surface area contributed by atoms with Crippen LogP contribution in [0.1, 0.15) is 0 Å². The van der Waals surface area contributed by atoms with Crippen LogP contribution >= 0.6 is 0 Å². The van der Waals surface area contributed by atoms with Gasteiger partial charge in [0.05, 0.1) is 26.7 Å². The van der Waals surface area contributed by atoms with Crippen molar-refractivity contribution in [2.24, 2.45) is 0 Å². The molecule has 0 saturated carbocycles. The maximum atomic E-state index is 6.34. The molecule has 0 saturated heterocycles. The highest BCUT2D eigenvalue weighted by Gasteiger charge is 2.23. The third kappa shape index (κ3) is 2.04. The van der Waals surface area contributed by atoms with E-state index in [1.54, 1.807) is 21.3 Å². The standard InChI is InChI=1S/C23H18O4/c1-24-18-12-17-20(23(26-3)22(18)25-2)19-15-10-6-4-8-13(15)14-9-5-7-11-16(14)21(19)27-17/h4-12H,1-3H3. The van der Waals surface area contributed by atoms with Crippen LogP contribution in [0.2, 0.25) is 0 Å². The molecule has 0 N–H and O–H groups in total. The Kier molecular flexibility index (Phi) is 3.41. The Labute approximate surface area is 155 Å². The smallest absolute Gasteiger partial charge is 0.204 e. The molecule has 0 spiro atoms. The van der Waals surface area contributed by atoms with Crippen LogP contribution in [0.4, 0.5) is 0 Å². The van der Waals surface area contributed by atoms with Gasteiger partial charge in [0.1, 0.15) is 11.2 Å². The number of methoxy groups -OCH3 is 3. The Morgan fingerprint density at radius 1 is 0.630 bits per heavy atom. The van der Waals surface area contributed by atoms with Gasteiger partial charge in [-0.05, 0) is 16.2 Å². The molecule has 4 heteroatoms. The summed E-state index contributed by atoms with van der Waals surface area (Å²) in [5.41, 5.74) is 1.55. The van der Waals surface area contributed by atoms with Gasteiger partial charge in [-0.25, -0.2) is 0 Å². The molecule has 134 valence electrons. The van der Waals surface area contributed by atoms with Crippen molar-refractivity contribution in [2.75, 3.05) is 21.3 Å². The van der Waals surface area contributed by atoms with Gasteiger partial charge in [0.15, 0.2) is 11.5 Å². The van der Waals surface area contributed by atoms with E-state index in [1.165, 1.54) is 5.39 Å². The predicted molar refractivity (Wildman–Crippen MR) is 108 cm³/mol. The first kappa shape index (κ1) is 15.8. The van der Waals surface area contributed by atoms with Crippen LogP contribution in [-0.2, 0) is 0 Å². The minimum Gasteiger partial charge on any atom is -0.493 e. The van der Waals surface area contributed by atoms with Crippen LogP contribution < -0.4 is 14.2 Å². The molecule has 0 aliphatic heterocycles.